The molecule has 3 aliphatic rings. The van der Waals surface area contributed by atoms with Crippen LogP contribution in [0.25, 0.3) is 33.5 Å². The zero-order chi connectivity index (χ0) is 57.1. The number of aromatic amines is 2. The van der Waals surface area contributed by atoms with E-state index in [9.17, 15) is 62.7 Å². The van der Waals surface area contributed by atoms with Gasteiger partial charge in [-0.3, -0.25) is 46.9 Å². The van der Waals surface area contributed by atoms with Gasteiger partial charge in [0, 0.05) is 19.6 Å². The van der Waals surface area contributed by atoms with Crippen molar-refractivity contribution in [1.29, 1.82) is 0 Å². The Kier molecular flexibility index (Phi) is 16.8. The predicted molar refractivity (Wildman–Crippen MR) is 255 cm³/mol. The molecule has 0 radical (unpaired) electrons. The molecule has 0 amide bonds. The summed E-state index contributed by atoms with van der Waals surface area (Å²) in [6.45, 7) is -1.48. The Morgan fingerprint density at radius 1 is 0.734 bits per heavy atom. The lowest BCUT2D eigenvalue weighted by Crippen LogP contribution is -2.45. The van der Waals surface area contributed by atoms with Gasteiger partial charge < -0.3 is 84.8 Å². The van der Waals surface area contributed by atoms with Gasteiger partial charge in [-0.1, -0.05) is 11.9 Å². The fraction of sp³-hybridized carbons (Fsp3) is 0.583. The monoisotopic (exact) mass is 1200 g/mol. The Morgan fingerprint density at radius 3 is 2.04 bits per heavy atom. The number of nitrogens with zero attached hydrogens (tertiary/aromatic N) is 10. The van der Waals surface area contributed by atoms with Crippen molar-refractivity contribution in [3.8, 4) is 0 Å². The van der Waals surface area contributed by atoms with Crippen LogP contribution in [0, 0.1) is 5.92 Å². The number of phosphoric acid groups is 4. The first-order chi connectivity index (χ1) is 37.2. The van der Waals surface area contributed by atoms with Crippen molar-refractivity contribution in [2.24, 2.45) is 13.0 Å². The molecule has 0 saturated carbocycles. The van der Waals surface area contributed by atoms with Crippen LogP contribution < -0.4 is 37.8 Å². The molecule has 6 aromatic rings. The van der Waals surface area contributed by atoms with Crippen LogP contribution in [-0.4, -0.2) is 173 Å². The van der Waals surface area contributed by atoms with Gasteiger partial charge in [0.2, 0.25) is 17.7 Å². The first-order valence-corrected chi connectivity index (χ1v) is 29.0. The average molecular weight is 1200 g/mol. The third kappa shape index (κ3) is 12.2. The summed E-state index contributed by atoms with van der Waals surface area (Å²) in [4.78, 5) is 99.2. The Balaban J connectivity index is 0.872. The van der Waals surface area contributed by atoms with Crippen LogP contribution in [0.15, 0.2) is 34.9 Å². The molecule has 16 atom stereocenters. The summed E-state index contributed by atoms with van der Waals surface area (Å²) >= 11 is 0. The second kappa shape index (κ2) is 22.7. The van der Waals surface area contributed by atoms with Crippen LogP contribution in [0.4, 0.5) is 17.7 Å². The van der Waals surface area contributed by atoms with Crippen molar-refractivity contribution in [3.05, 3.63) is 46.0 Å². The number of anilines is 3. The van der Waals surface area contributed by atoms with E-state index in [2.05, 4.69) is 48.5 Å². The summed E-state index contributed by atoms with van der Waals surface area (Å²) in [6, 6.07) is 0. The third-order valence-corrected chi connectivity index (χ3v) is 17.6. The van der Waals surface area contributed by atoms with Gasteiger partial charge in [-0.2, -0.15) is 13.6 Å². The van der Waals surface area contributed by atoms with E-state index in [4.69, 9.17) is 59.0 Å². The fourth-order valence-electron chi connectivity index (χ4n) is 8.94. The molecule has 434 valence electrons. The summed E-state index contributed by atoms with van der Waals surface area (Å²) in [5, 5.41) is 33.2. The zero-order valence-electron chi connectivity index (χ0n) is 41.0. The number of hydrogen-bond acceptors (Lipinski definition) is 30. The van der Waals surface area contributed by atoms with Gasteiger partial charge in [-0.05, 0) is 6.42 Å². The smallest absolute Gasteiger partial charge is 0.490 e. The highest BCUT2D eigenvalue weighted by Gasteiger charge is 2.53. The number of aliphatic hydroxyl groups is 3. The van der Waals surface area contributed by atoms with Crippen LogP contribution in [0.3, 0.4) is 0 Å². The number of fused-ring (bicyclic) bond motifs is 3. The van der Waals surface area contributed by atoms with Gasteiger partial charge in [0.05, 0.1) is 52.2 Å². The molecule has 3 fully saturated rings. The molecule has 43 heteroatoms. The van der Waals surface area contributed by atoms with E-state index in [0.29, 0.717) is 6.42 Å². The summed E-state index contributed by atoms with van der Waals surface area (Å²) in [5.41, 5.74) is 15.7. The van der Waals surface area contributed by atoms with E-state index in [-0.39, 0.29) is 64.4 Å². The standard InChI is InChI=1S/C36H51N15O24P4/c1-4-5-66-6-14-15(70-32(21(14)52)51-13-48(2)20-29(51)45-36(39)47-31(20)56)7-68-77(59,60)74-79(63,64)75-78(61,62)69-9-17-24(25(65-3)34(72-17)49-11-42-18-26(37)40-10-41-27(18)49)73-76(57,58)67-8-16-22(53)23(54)33(71-16)50-12-43-19-28(50)44-35(38)46-30(19)55/h10-17,21-25,32-34,52-54H,4-9H2,1-3H3,(H11-,37,38,39,40,41,44,45,46,47,55,56,57,58,59,60,61,62,63,64)/t14-,15-,16-,17-,21-,22-,23-,24-,25-,32-,33-,34-/m1/s1. The molecule has 9 rings (SSSR count). The number of aryl methyl sites for hydroxylation is 1. The molecule has 0 bridgehead atoms. The quantitative estimate of drug-likeness (QED) is 0.0167. The highest BCUT2D eigenvalue weighted by molar-refractivity contribution is 7.66. The van der Waals surface area contributed by atoms with E-state index in [0.717, 1.165) is 30.7 Å². The van der Waals surface area contributed by atoms with Crippen LogP contribution in [0.5, 0.6) is 0 Å². The molecule has 14 N–H and O–H groups in total. The number of nitrogens with one attached hydrogen (secondary N) is 2. The van der Waals surface area contributed by atoms with Crippen molar-refractivity contribution in [3.63, 3.8) is 0 Å². The molecule has 9 heterocycles. The van der Waals surface area contributed by atoms with Gasteiger partial charge in [0.15, 0.2) is 41.4 Å². The van der Waals surface area contributed by atoms with Gasteiger partial charge >= 0.3 is 29.1 Å². The molecular weight excluding hydrogens is 1150 g/mol. The molecule has 0 spiro atoms. The first-order valence-electron chi connectivity index (χ1n) is 23.1. The number of nitrogen functional groups attached to an aromatic ring is 3. The lowest BCUT2D eigenvalue weighted by Gasteiger charge is -2.31. The maximum Gasteiger partial charge on any atom is 0.490 e. The minimum absolute atomic E-state index is 0.000467. The third-order valence-electron chi connectivity index (χ3n) is 12.4. The molecule has 0 aromatic carbocycles. The number of ether oxygens (including phenoxy) is 5. The van der Waals surface area contributed by atoms with E-state index >= 15 is 0 Å². The molecule has 39 nitrogen and oxygen atoms in total. The van der Waals surface area contributed by atoms with Crippen LogP contribution in [0.1, 0.15) is 32.0 Å². The number of H-pyrrole nitrogens is 2. The topological polar surface area (TPSA) is 554 Å². The normalized spacial score (nSPS) is 29.5. The van der Waals surface area contributed by atoms with Crippen molar-refractivity contribution >= 4 is 82.5 Å². The Morgan fingerprint density at radius 2 is 1.35 bits per heavy atom. The second-order valence-corrected chi connectivity index (χ2v) is 23.7. The van der Waals surface area contributed by atoms with Crippen molar-refractivity contribution < 1.29 is 108 Å². The van der Waals surface area contributed by atoms with E-state index in [1.54, 1.807) is 6.92 Å². The molecule has 79 heavy (non-hydrogen) atoms. The number of methoxy groups -OCH3 is 1. The number of phosphoric ester groups is 3. The number of aromatic nitrogens is 12. The molecule has 3 aliphatic heterocycles. The average Bonchev–Trinajstić information content (AvgIpc) is 4.43. The zero-order valence-corrected chi connectivity index (χ0v) is 44.6. The van der Waals surface area contributed by atoms with Crippen molar-refractivity contribution in [2.45, 2.75) is 80.9 Å². The Bertz CT molecular complexity index is 3550. The molecule has 0 aliphatic carbocycles. The van der Waals surface area contributed by atoms with Crippen molar-refractivity contribution in [2.75, 3.05) is 57.3 Å². The minimum Gasteiger partial charge on any atom is -0.756 e. The van der Waals surface area contributed by atoms with Crippen LogP contribution in [-0.2, 0) is 75.7 Å². The van der Waals surface area contributed by atoms with E-state index < -0.39 is 136 Å². The maximum atomic E-state index is 13.6. The lowest BCUT2D eigenvalue weighted by molar-refractivity contribution is -0.745. The van der Waals surface area contributed by atoms with Gasteiger partial charge in [-0.25, -0.2) is 38.2 Å². The number of hydrogen-bond donors (Lipinski definition) is 11. The number of rotatable bonds is 23. The highest BCUT2D eigenvalue weighted by atomic mass is 31.3. The van der Waals surface area contributed by atoms with Gasteiger partial charge in [-0.15, -0.1) is 0 Å². The summed E-state index contributed by atoms with van der Waals surface area (Å²) in [6.07, 6.45) is -12.6. The van der Waals surface area contributed by atoms with Crippen LogP contribution in [0.2, 0.25) is 0 Å². The number of nitrogens with two attached hydrogens (primary N) is 3. The predicted octanol–water partition coefficient (Wildman–Crippen LogP) is -3.66. The SMILES string of the molecule is CCCOC[C@H]1[C@@H](O)[C@H]([n+]2cn(C)c3c(=O)[nH]c(N)nc32)O[C@@H]1COP(=O)(O)OP(=O)(O)OP(=O)(O)OC[C@H]1O[C@@H](n2cnc3c(N)ncnc32)[C@H](OC)[C@@H]1OP(=O)([O-])OC[C@H]1O[C@@H](n2cnc3c(=O)[nH]c(N)nc32)[C@H](O)[C@@H]1O. The number of imidazole rings is 3. The molecular formula is C36H51N15O24P4. The molecule has 4 unspecified atom stereocenters. The maximum absolute atomic E-state index is 13.6. The molecule has 3 saturated heterocycles. The molecule has 6 aromatic heterocycles. The Labute approximate surface area is 440 Å². The summed E-state index contributed by atoms with van der Waals surface area (Å²) < 4.78 is 116. The first kappa shape index (κ1) is 58.5. The minimum atomic E-state index is -6.20. The highest BCUT2D eigenvalue weighted by Crippen LogP contribution is 2.68. The van der Waals surface area contributed by atoms with Crippen LogP contribution >= 0.6 is 31.3 Å². The number of aliphatic hydroxyl groups excluding tert-OH is 3. The summed E-state index contributed by atoms with van der Waals surface area (Å²) in [5.74, 6) is -1.71. The van der Waals surface area contributed by atoms with E-state index in [1.807, 2.05) is 0 Å². The Hall–Kier alpha value is -5.15. The summed E-state index contributed by atoms with van der Waals surface area (Å²) in [7, 11) is -21.1. The second-order valence-electron chi connectivity index (χ2n) is 17.7. The fourth-order valence-corrected chi connectivity index (χ4v) is 13.4. The van der Waals surface area contributed by atoms with Crippen molar-refractivity contribution in [1.82, 2.24) is 53.6 Å². The lowest BCUT2D eigenvalue weighted by atomic mass is 9.99. The van der Waals surface area contributed by atoms with E-state index in [1.165, 1.54) is 27.1 Å². The largest absolute Gasteiger partial charge is 0.756 e. The van der Waals surface area contributed by atoms with Gasteiger partial charge in [0.25, 0.3) is 24.9 Å². The van der Waals surface area contributed by atoms with Gasteiger partial charge in [0.1, 0.15) is 54.6 Å².